The van der Waals surface area contributed by atoms with E-state index in [2.05, 4.69) is 10.6 Å². The molecule has 0 aliphatic rings. The molecule has 0 saturated heterocycles. The van der Waals surface area contributed by atoms with E-state index in [0.717, 1.165) is 11.3 Å². The first-order chi connectivity index (χ1) is 7.69. The van der Waals surface area contributed by atoms with E-state index in [-0.39, 0.29) is 11.9 Å². The van der Waals surface area contributed by atoms with Crippen molar-refractivity contribution in [3.8, 4) is 5.75 Å². The summed E-state index contributed by atoms with van der Waals surface area (Å²) in [4.78, 5) is 11.4. The number of ether oxygens (including phenoxy) is 1. The van der Waals surface area contributed by atoms with Crippen LogP contribution >= 0.6 is 0 Å². The van der Waals surface area contributed by atoms with Crippen molar-refractivity contribution in [1.82, 2.24) is 10.6 Å². The van der Waals surface area contributed by atoms with Gasteiger partial charge in [-0.2, -0.15) is 0 Å². The largest absolute Gasteiger partial charge is 0.496 e. The average Bonchev–Trinajstić information content (AvgIpc) is 2.29. The van der Waals surface area contributed by atoms with E-state index in [1.165, 1.54) is 0 Å². The first kappa shape index (κ1) is 12.5. The number of likely N-dealkylation sites (N-methyl/N-ethyl adjacent to an activating group) is 1. The van der Waals surface area contributed by atoms with Crippen LogP contribution in [0.4, 0.5) is 0 Å². The van der Waals surface area contributed by atoms with E-state index in [0.29, 0.717) is 6.54 Å². The van der Waals surface area contributed by atoms with Crippen molar-refractivity contribution in [3.63, 3.8) is 0 Å². The lowest BCUT2D eigenvalue weighted by atomic mass is 10.1. The lowest BCUT2D eigenvalue weighted by Gasteiger charge is -2.17. The predicted octanol–water partition coefficient (Wildman–Crippen LogP) is 1.09. The highest BCUT2D eigenvalue weighted by Crippen LogP contribution is 2.23. The summed E-state index contributed by atoms with van der Waals surface area (Å²) in [6, 6.07) is 7.61. The first-order valence-corrected chi connectivity index (χ1v) is 5.26. The lowest BCUT2D eigenvalue weighted by Crippen LogP contribution is -2.34. The minimum Gasteiger partial charge on any atom is -0.496 e. The summed E-state index contributed by atoms with van der Waals surface area (Å²) in [5, 5.41) is 5.70. The van der Waals surface area contributed by atoms with Crippen LogP contribution in [0.25, 0.3) is 0 Å². The zero-order chi connectivity index (χ0) is 12.0. The average molecular weight is 222 g/mol. The van der Waals surface area contributed by atoms with Gasteiger partial charge in [-0.3, -0.25) is 4.79 Å². The van der Waals surface area contributed by atoms with Gasteiger partial charge in [0.1, 0.15) is 5.75 Å². The fourth-order valence-corrected chi connectivity index (χ4v) is 1.55. The van der Waals surface area contributed by atoms with Crippen molar-refractivity contribution < 1.29 is 9.53 Å². The summed E-state index contributed by atoms with van der Waals surface area (Å²) in [5.41, 5.74) is 0.981. The maximum absolute atomic E-state index is 11.4. The Labute approximate surface area is 96.0 Å². The molecule has 0 aliphatic heterocycles. The Balaban J connectivity index is 2.72. The number of para-hydroxylation sites is 1. The van der Waals surface area contributed by atoms with Gasteiger partial charge < -0.3 is 15.4 Å². The Kier molecular flexibility index (Phi) is 4.79. The quantitative estimate of drug-likeness (QED) is 0.784. The molecule has 1 atom stereocenters. The molecule has 1 amide bonds. The highest BCUT2D eigenvalue weighted by Gasteiger charge is 2.12. The van der Waals surface area contributed by atoms with Crippen LogP contribution in [-0.4, -0.2) is 26.6 Å². The zero-order valence-electron chi connectivity index (χ0n) is 9.91. The Bertz CT molecular complexity index is 353. The Hall–Kier alpha value is -1.55. The third-order valence-electron chi connectivity index (χ3n) is 2.32. The monoisotopic (exact) mass is 222 g/mol. The minimum absolute atomic E-state index is 0.0269. The zero-order valence-corrected chi connectivity index (χ0v) is 9.91. The molecule has 1 aromatic carbocycles. The van der Waals surface area contributed by atoms with Crippen LogP contribution in [-0.2, 0) is 4.79 Å². The molecule has 0 radical (unpaired) electrons. The van der Waals surface area contributed by atoms with Crippen molar-refractivity contribution in [3.05, 3.63) is 29.8 Å². The van der Waals surface area contributed by atoms with Gasteiger partial charge in [-0.15, -0.1) is 0 Å². The number of hydrogen-bond donors (Lipinski definition) is 2. The molecule has 4 nitrogen and oxygen atoms in total. The molecular formula is C12H18N2O2. The van der Waals surface area contributed by atoms with E-state index in [1.807, 2.05) is 31.2 Å². The number of hydrogen-bond acceptors (Lipinski definition) is 3. The molecule has 0 saturated carbocycles. The van der Waals surface area contributed by atoms with Crippen molar-refractivity contribution in [2.75, 3.05) is 20.7 Å². The van der Waals surface area contributed by atoms with Crippen LogP contribution in [0.15, 0.2) is 24.3 Å². The molecule has 0 fully saturated rings. The lowest BCUT2D eigenvalue weighted by molar-refractivity contribution is -0.120. The molecule has 16 heavy (non-hydrogen) atoms. The first-order valence-electron chi connectivity index (χ1n) is 5.26. The predicted molar refractivity (Wildman–Crippen MR) is 63.5 cm³/mol. The molecule has 1 rings (SSSR count). The van der Waals surface area contributed by atoms with Gasteiger partial charge in [0.05, 0.1) is 19.7 Å². The number of benzene rings is 1. The van der Waals surface area contributed by atoms with Crippen LogP contribution in [0.5, 0.6) is 5.75 Å². The topological polar surface area (TPSA) is 50.4 Å². The van der Waals surface area contributed by atoms with Gasteiger partial charge in [0.15, 0.2) is 0 Å². The third-order valence-corrected chi connectivity index (χ3v) is 2.32. The van der Waals surface area contributed by atoms with Gasteiger partial charge in [-0.05, 0) is 20.0 Å². The molecule has 0 unspecified atom stereocenters. The number of rotatable bonds is 5. The van der Waals surface area contributed by atoms with E-state index in [9.17, 15) is 4.79 Å². The van der Waals surface area contributed by atoms with Crippen LogP contribution in [0.2, 0.25) is 0 Å². The smallest absolute Gasteiger partial charge is 0.234 e. The number of amides is 1. The molecule has 0 spiro atoms. The molecule has 0 aromatic heterocycles. The molecule has 0 heterocycles. The summed E-state index contributed by atoms with van der Waals surface area (Å²) in [7, 11) is 3.37. The maximum atomic E-state index is 11.4. The van der Waals surface area contributed by atoms with Gasteiger partial charge in [0, 0.05) is 5.56 Å². The molecule has 0 bridgehead atoms. The van der Waals surface area contributed by atoms with Gasteiger partial charge >= 0.3 is 0 Å². The fraction of sp³-hybridized carbons (Fsp3) is 0.417. The molecule has 2 N–H and O–H groups in total. The van der Waals surface area contributed by atoms with Crippen molar-refractivity contribution >= 4 is 5.91 Å². The molecule has 88 valence electrons. The van der Waals surface area contributed by atoms with E-state index >= 15 is 0 Å². The standard InChI is InChI=1S/C12H18N2O2/c1-9(14-12(15)8-13-2)10-6-4-5-7-11(10)16-3/h4-7,9,13H,8H2,1-3H3,(H,14,15)/t9-/m0/s1. The van der Waals surface area contributed by atoms with E-state index in [4.69, 9.17) is 4.74 Å². The van der Waals surface area contributed by atoms with Gasteiger partial charge in [-0.25, -0.2) is 0 Å². The van der Waals surface area contributed by atoms with Gasteiger partial charge in [-0.1, -0.05) is 18.2 Å². The summed E-state index contributed by atoms with van der Waals surface area (Å²) >= 11 is 0. The van der Waals surface area contributed by atoms with E-state index < -0.39 is 0 Å². The van der Waals surface area contributed by atoms with Crippen LogP contribution in [0.3, 0.4) is 0 Å². The molecule has 4 heteroatoms. The van der Waals surface area contributed by atoms with E-state index in [1.54, 1.807) is 14.2 Å². The second-order valence-corrected chi connectivity index (χ2v) is 3.56. The highest BCUT2D eigenvalue weighted by molar-refractivity contribution is 5.78. The summed E-state index contributed by atoms with van der Waals surface area (Å²) < 4.78 is 5.24. The van der Waals surface area contributed by atoms with Crippen LogP contribution in [0, 0.1) is 0 Å². The van der Waals surface area contributed by atoms with Gasteiger partial charge in [0.2, 0.25) is 5.91 Å². The van der Waals surface area contributed by atoms with Crippen molar-refractivity contribution in [2.24, 2.45) is 0 Å². The second-order valence-electron chi connectivity index (χ2n) is 3.56. The van der Waals surface area contributed by atoms with Crippen LogP contribution in [0.1, 0.15) is 18.5 Å². The SMILES string of the molecule is CNCC(=O)N[C@@H](C)c1ccccc1OC. The highest BCUT2D eigenvalue weighted by atomic mass is 16.5. The molecule has 1 aromatic rings. The summed E-state index contributed by atoms with van der Waals surface area (Å²) in [5.74, 6) is 0.765. The second kappa shape index (κ2) is 6.12. The number of methoxy groups -OCH3 is 1. The normalized spacial score (nSPS) is 11.9. The fourth-order valence-electron chi connectivity index (χ4n) is 1.55. The van der Waals surface area contributed by atoms with Crippen molar-refractivity contribution in [1.29, 1.82) is 0 Å². The van der Waals surface area contributed by atoms with Crippen LogP contribution < -0.4 is 15.4 Å². The summed E-state index contributed by atoms with van der Waals surface area (Å²) in [6.07, 6.45) is 0. The summed E-state index contributed by atoms with van der Waals surface area (Å²) in [6.45, 7) is 2.25. The molecule has 0 aliphatic carbocycles. The Morgan fingerprint density at radius 3 is 2.75 bits per heavy atom. The third kappa shape index (κ3) is 3.24. The molecular weight excluding hydrogens is 204 g/mol. The number of carbonyl (C=O) groups excluding carboxylic acids is 1. The number of nitrogens with one attached hydrogen (secondary N) is 2. The Morgan fingerprint density at radius 1 is 1.44 bits per heavy atom. The van der Waals surface area contributed by atoms with Gasteiger partial charge in [0.25, 0.3) is 0 Å². The number of carbonyl (C=O) groups is 1. The van der Waals surface area contributed by atoms with Crippen molar-refractivity contribution in [2.45, 2.75) is 13.0 Å². The minimum atomic E-state index is -0.0583. The maximum Gasteiger partial charge on any atom is 0.234 e. The Morgan fingerprint density at radius 2 is 2.12 bits per heavy atom.